The highest BCUT2D eigenvalue weighted by molar-refractivity contribution is 7.91. The van der Waals surface area contributed by atoms with E-state index in [1.54, 1.807) is 16.9 Å². The van der Waals surface area contributed by atoms with Crippen molar-refractivity contribution >= 4 is 33.2 Å². The van der Waals surface area contributed by atoms with E-state index in [1.165, 1.54) is 0 Å². The van der Waals surface area contributed by atoms with Gasteiger partial charge in [-0.05, 0) is 32.1 Å². The summed E-state index contributed by atoms with van der Waals surface area (Å²) < 4.78 is 24.8. The van der Waals surface area contributed by atoms with Crippen LogP contribution in [0.1, 0.15) is 38.1 Å². The summed E-state index contributed by atoms with van der Waals surface area (Å²) in [5.74, 6) is 0.546. The van der Waals surface area contributed by atoms with Crippen LogP contribution in [0.25, 0.3) is 0 Å². The zero-order valence-corrected chi connectivity index (χ0v) is 13.7. The number of nitrogens with one attached hydrogen (secondary N) is 1. The molecule has 2 heterocycles. The van der Waals surface area contributed by atoms with Gasteiger partial charge in [-0.3, -0.25) is 4.79 Å². The molecule has 1 aromatic rings. The number of hydrogen-bond donors (Lipinski definition) is 1. The van der Waals surface area contributed by atoms with E-state index in [9.17, 15) is 13.2 Å². The molecule has 0 saturated carbocycles. The van der Waals surface area contributed by atoms with Crippen molar-refractivity contribution in [2.24, 2.45) is 0 Å². The first-order valence-corrected chi connectivity index (χ1v) is 9.59. The van der Waals surface area contributed by atoms with Gasteiger partial charge in [-0.25, -0.2) is 13.1 Å². The first-order valence-electron chi connectivity index (χ1n) is 7.39. The maximum absolute atomic E-state index is 12.4. The smallest absolute Gasteiger partial charge is 0.253 e. The van der Waals surface area contributed by atoms with Crippen LogP contribution in [0.3, 0.4) is 0 Å². The van der Waals surface area contributed by atoms with Crippen LogP contribution in [-0.4, -0.2) is 35.6 Å². The Labute approximate surface area is 134 Å². The second-order valence-electron chi connectivity index (χ2n) is 5.76. The lowest BCUT2D eigenvalue weighted by molar-refractivity contribution is -0.113. The quantitative estimate of drug-likeness (QED) is 0.912. The number of amides is 1. The van der Waals surface area contributed by atoms with Gasteiger partial charge in [-0.2, -0.15) is 5.10 Å². The average Bonchev–Trinajstić information content (AvgIpc) is 3.05. The van der Waals surface area contributed by atoms with E-state index in [-0.39, 0.29) is 23.5 Å². The predicted molar refractivity (Wildman–Crippen MR) is 84.5 cm³/mol. The third-order valence-electron chi connectivity index (χ3n) is 4.14. The molecule has 22 heavy (non-hydrogen) atoms. The lowest BCUT2D eigenvalue weighted by atomic mass is 9.99. The summed E-state index contributed by atoms with van der Waals surface area (Å²) in [5, 5.41) is 7.61. The Balaban J connectivity index is 1.77. The van der Waals surface area contributed by atoms with Crippen LogP contribution in [0, 0.1) is 0 Å². The number of carbonyl (C=O) groups excluding carboxylic acids is 1. The number of halogens is 1. The summed E-state index contributed by atoms with van der Waals surface area (Å²) in [4.78, 5) is 12.4. The first kappa shape index (κ1) is 15.6. The predicted octanol–water partition coefficient (Wildman–Crippen LogP) is 2.25. The Morgan fingerprint density at radius 2 is 2.14 bits per heavy atom. The summed E-state index contributed by atoms with van der Waals surface area (Å²) in [7, 11) is -3.00. The van der Waals surface area contributed by atoms with Crippen molar-refractivity contribution in [2.45, 2.75) is 38.1 Å². The van der Waals surface area contributed by atoms with Crippen LogP contribution in [0.2, 0.25) is 0 Å². The minimum Gasteiger partial charge on any atom is -0.307 e. The molecule has 6 nitrogen and oxygen atoms in total. The molecule has 1 aromatic heterocycles. The lowest BCUT2D eigenvalue weighted by Gasteiger charge is -2.17. The van der Waals surface area contributed by atoms with Crippen molar-refractivity contribution in [3.05, 3.63) is 22.9 Å². The van der Waals surface area contributed by atoms with E-state index < -0.39 is 9.84 Å². The van der Waals surface area contributed by atoms with Gasteiger partial charge in [0.1, 0.15) is 5.82 Å². The highest BCUT2D eigenvalue weighted by Gasteiger charge is 2.31. The van der Waals surface area contributed by atoms with Crippen LogP contribution < -0.4 is 5.32 Å². The number of anilines is 1. The molecule has 0 radical (unpaired) electrons. The van der Waals surface area contributed by atoms with E-state index in [0.29, 0.717) is 29.3 Å². The van der Waals surface area contributed by atoms with Gasteiger partial charge in [0.15, 0.2) is 9.84 Å². The van der Waals surface area contributed by atoms with Crippen LogP contribution in [0.4, 0.5) is 5.82 Å². The highest BCUT2D eigenvalue weighted by Crippen LogP contribution is 2.30. The number of nitrogens with zero attached hydrogens (tertiary/aromatic N) is 2. The standard InChI is InChI=1S/C14H18ClN3O3S/c15-12-4-2-1-3-11(12)14(19)17-13-5-7-16-18(13)10-6-8-22(20,21)9-10/h5,7,10H,1-4,6,8-9H2,(H,17,19)/t10-/m0/s1. The lowest BCUT2D eigenvalue weighted by Crippen LogP contribution is -2.22. The van der Waals surface area contributed by atoms with Crippen LogP contribution >= 0.6 is 11.6 Å². The van der Waals surface area contributed by atoms with Gasteiger partial charge < -0.3 is 5.32 Å². The molecule has 1 N–H and O–H groups in total. The monoisotopic (exact) mass is 343 g/mol. The van der Waals surface area contributed by atoms with E-state index in [0.717, 1.165) is 19.3 Å². The number of hydrogen-bond acceptors (Lipinski definition) is 4. The van der Waals surface area contributed by atoms with Gasteiger partial charge in [0.25, 0.3) is 5.91 Å². The van der Waals surface area contributed by atoms with Crippen LogP contribution in [-0.2, 0) is 14.6 Å². The summed E-state index contributed by atoms with van der Waals surface area (Å²) in [6.45, 7) is 0. The van der Waals surface area contributed by atoms with Crippen molar-refractivity contribution in [3.8, 4) is 0 Å². The Morgan fingerprint density at radius 1 is 1.36 bits per heavy atom. The van der Waals surface area contributed by atoms with Crippen molar-refractivity contribution in [1.29, 1.82) is 0 Å². The molecular formula is C14H18ClN3O3S. The van der Waals surface area contributed by atoms with Gasteiger partial charge in [0.05, 0.1) is 23.7 Å². The average molecular weight is 344 g/mol. The minimum absolute atomic E-state index is 0.0704. The maximum atomic E-state index is 12.4. The molecule has 8 heteroatoms. The fraction of sp³-hybridized carbons (Fsp3) is 0.571. The van der Waals surface area contributed by atoms with E-state index in [4.69, 9.17) is 11.6 Å². The summed E-state index contributed by atoms with van der Waals surface area (Å²) in [5.41, 5.74) is 0.625. The highest BCUT2D eigenvalue weighted by atomic mass is 35.5. The Morgan fingerprint density at radius 3 is 2.82 bits per heavy atom. The Kier molecular flexibility index (Phi) is 4.27. The first-order chi connectivity index (χ1) is 10.5. The Hall–Kier alpha value is -1.34. The van der Waals surface area contributed by atoms with E-state index in [2.05, 4.69) is 10.4 Å². The van der Waals surface area contributed by atoms with Gasteiger partial charge in [-0.15, -0.1) is 0 Å². The van der Waals surface area contributed by atoms with E-state index in [1.807, 2.05) is 0 Å². The molecule has 1 amide bonds. The number of carbonyl (C=O) groups is 1. The molecule has 0 bridgehead atoms. The summed E-state index contributed by atoms with van der Waals surface area (Å²) >= 11 is 6.14. The molecule has 1 saturated heterocycles. The third-order valence-corrected chi connectivity index (χ3v) is 6.31. The SMILES string of the molecule is O=C(Nc1ccnn1[C@H]1CCS(=O)(=O)C1)C1=C(Cl)CCCC1. The zero-order chi connectivity index (χ0) is 15.7. The van der Waals surface area contributed by atoms with Gasteiger partial charge in [-0.1, -0.05) is 11.6 Å². The van der Waals surface area contributed by atoms with Crippen LogP contribution in [0.15, 0.2) is 22.9 Å². The van der Waals surface area contributed by atoms with Crippen molar-refractivity contribution in [3.63, 3.8) is 0 Å². The molecule has 0 spiro atoms. The van der Waals surface area contributed by atoms with Crippen molar-refractivity contribution < 1.29 is 13.2 Å². The molecule has 2 aliphatic rings. The number of sulfone groups is 1. The number of rotatable bonds is 3. The molecule has 0 aromatic carbocycles. The molecule has 0 unspecified atom stereocenters. The Bertz CT molecular complexity index is 723. The van der Waals surface area contributed by atoms with Gasteiger partial charge in [0.2, 0.25) is 0 Å². The van der Waals surface area contributed by atoms with Gasteiger partial charge >= 0.3 is 0 Å². The maximum Gasteiger partial charge on any atom is 0.253 e. The summed E-state index contributed by atoms with van der Waals surface area (Å²) in [6, 6.07) is 1.46. The topological polar surface area (TPSA) is 81.1 Å². The number of aromatic nitrogens is 2. The van der Waals surface area contributed by atoms with Crippen LogP contribution in [0.5, 0.6) is 0 Å². The molecule has 3 rings (SSSR count). The van der Waals surface area contributed by atoms with Crippen molar-refractivity contribution in [2.75, 3.05) is 16.8 Å². The summed E-state index contributed by atoms with van der Waals surface area (Å²) in [6.07, 6.45) is 5.47. The molecule has 1 fully saturated rings. The second-order valence-corrected chi connectivity index (χ2v) is 8.45. The molecular weight excluding hydrogens is 326 g/mol. The van der Waals surface area contributed by atoms with Gasteiger partial charge in [0, 0.05) is 16.7 Å². The van der Waals surface area contributed by atoms with Crippen molar-refractivity contribution in [1.82, 2.24) is 9.78 Å². The largest absolute Gasteiger partial charge is 0.307 e. The minimum atomic E-state index is -3.00. The fourth-order valence-electron chi connectivity index (χ4n) is 2.97. The molecule has 1 aliphatic heterocycles. The second kappa shape index (κ2) is 6.04. The number of allylic oxidation sites excluding steroid dienone is 1. The fourth-order valence-corrected chi connectivity index (χ4v) is 4.98. The third kappa shape index (κ3) is 3.20. The molecule has 120 valence electrons. The molecule has 1 aliphatic carbocycles. The van der Waals surface area contributed by atoms with E-state index >= 15 is 0 Å². The zero-order valence-electron chi connectivity index (χ0n) is 12.1. The molecule has 1 atom stereocenters. The normalized spacial score (nSPS) is 24.5.